The monoisotopic (exact) mass is 218 g/mol. The van der Waals surface area contributed by atoms with Crippen LogP contribution in [0.3, 0.4) is 0 Å². The highest BCUT2D eigenvalue weighted by Gasteiger charge is 2.19. The Morgan fingerprint density at radius 1 is 1.53 bits per heavy atom. The van der Waals surface area contributed by atoms with Crippen LogP contribution in [0.5, 0.6) is 0 Å². The average Bonchev–Trinajstić information content (AvgIpc) is 2.21. The predicted molar refractivity (Wildman–Crippen MR) is 54.8 cm³/mol. The van der Waals surface area contributed by atoms with Crippen LogP contribution >= 0.6 is 0 Å². The van der Waals surface area contributed by atoms with Crippen molar-refractivity contribution in [2.45, 2.75) is 19.4 Å². The first kappa shape index (κ1) is 13.7. The van der Waals surface area contributed by atoms with Gasteiger partial charge in [0.1, 0.15) is 6.04 Å². The summed E-state index contributed by atoms with van der Waals surface area (Å²) in [5.41, 5.74) is 0. The van der Waals surface area contributed by atoms with Gasteiger partial charge in [-0.3, -0.25) is 0 Å². The van der Waals surface area contributed by atoms with Gasteiger partial charge in [-0.05, 0) is 6.42 Å². The van der Waals surface area contributed by atoms with Crippen molar-refractivity contribution in [2.24, 2.45) is 0 Å². The summed E-state index contributed by atoms with van der Waals surface area (Å²) >= 11 is 0. The van der Waals surface area contributed by atoms with E-state index in [-0.39, 0.29) is 0 Å². The van der Waals surface area contributed by atoms with E-state index in [1.165, 1.54) is 12.0 Å². The maximum Gasteiger partial charge on any atom is 0.326 e. The summed E-state index contributed by atoms with van der Waals surface area (Å²) in [6.07, 6.45) is 0.360. The normalized spacial score (nSPS) is 11.9. The van der Waals surface area contributed by atoms with Gasteiger partial charge < -0.3 is 20.1 Å². The number of rotatable bonds is 6. The predicted octanol–water partition coefficient (Wildman–Crippen LogP) is 0.137. The van der Waals surface area contributed by atoms with Crippen LogP contribution in [0.25, 0.3) is 0 Å². The van der Waals surface area contributed by atoms with Crippen LogP contribution in [0.2, 0.25) is 0 Å². The van der Waals surface area contributed by atoms with Crippen molar-refractivity contribution in [3.63, 3.8) is 0 Å². The molecular formula is C9H18N2O4. The molecule has 0 saturated heterocycles. The maximum atomic E-state index is 11.4. The molecule has 0 aliphatic carbocycles. The minimum atomic E-state index is -1.02. The Balaban J connectivity index is 4.04. The van der Waals surface area contributed by atoms with Crippen molar-refractivity contribution in [3.8, 4) is 0 Å². The number of nitrogens with zero attached hydrogens (tertiary/aromatic N) is 1. The van der Waals surface area contributed by atoms with Crippen molar-refractivity contribution in [2.75, 3.05) is 27.3 Å². The third-order valence-electron chi connectivity index (χ3n) is 1.98. The lowest BCUT2D eigenvalue weighted by Crippen LogP contribution is -2.47. The summed E-state index contributed by atoms with van der Waals surface area (Å²) in [5, 5.41) is 11.1. The number of carbonyl (C=O) groups excluding carboxylic acids is 1. The Hall–Kier alpha value is -1.30. The lowest BCUT2D eigenvalue weighted by molar-refractivity contribution is -0.139. The average molecular weight is 218 g/mol. The molecule has 2 amide bonds. The van der Waals surface area contributed by atoms with Gasteiger partial charge >= 0.3 is 12.0 Å². The molecule has 0 rings (SSSR count). The van der Waals surface area contributed by atoms with Crippen molar-refractivity contribution >= 4 is 12.0 Å². The number of hydrogen-bond acceptors (Lipinski definition) is 3. The number of likely N-dealkylation sites (N-methyl/N-ethyl adjacent to an activating group) is 1. The molecule has 0 bridgehead atoms. The number of carboxylic acids is 1. The molecule has 0 fully saturated rings. The molecule has 2 N–H and O–H groups in total. The molecule has 6 heteroatoms. The fourth-order valence-electron chi connectivity index (χ4n) is 0.927. The number of ether oxygens (including phenoxy) is 1. The number of carbonyl (C=O) groups is 2. The van der Waals surface area contributed by atoms with Gasteiger partial charge in [-0.15, -0.1) is 0 Å². The first-order valence-corrected chi connectivity index (χ1v) is 4.76. The van der Waals surface area contributed by atoms with Gasteiger partial charge in [0.2, 0.25) is 0 Å². The summed E-state index contributed by atoms with van der Waals surface area (Å²) in [7, 11) is 3.13. The van der Waals surface area contributed by atoms with Crippen molar-refractivity contribution in [1.82, 2.24) is 10.2 Å². The van der Waals surface area contributed by atoms with Crippen LogP contribution in [0, 0.1) is 0 Å². The van der Waals surface area contributed by atoms with E-state index in [1.54, 1.807) is 14.0 Å². The van der Waals surface area contributed by atoms with E-state index in [9.17, 15) is 9.59 Å². The highest BCUT2D eigenvalue weighted by molar-refractivity contribution is 5.82. The Bertz CT molecular complexity index is 220. The number of methoxy groups -OCH3 is 1. The van der Waals surface area contributed by atoms with E-state index < -0.39 is 18.0 Å². The minimum Gasteiger partial charge on any atom is -0.480 e. The molecule has 6 nitrogen and oxygen atoms in total. The summed E-state index contributed by atoms with van der Waals surface area (Å²) in [5.74, 6) is -1.02. The lowest BCUT2D eigenvalue weighted by atomic mass is 10.2. The van der Waals surface area contributed by atoms with Gasteiger partial charge in [0.15, 0.2) is 0 Å². The van der Waals surface area contributed by atoms with E-state index in [2.05, 4.69) is 5.32 Å². The molecular weight excluding hydrogens is 200 g/mol. The van der Waals surface area contributed by atoms with Crippen LogP contribution < -0.4 is 5.32 Å². The molecule has 0 heterocycles. The molecule has 0 aliphatic heterocycles. The Morgan fingerprint density at radius 2 is 2.13 bits per heavy atom. The van der Waals surface area contributed by atoms with Crippen LogP contribution in [0.15, 0.2) is 0 Å². The van der Waals surface area contributed by atoms with Crippen LogP contribution in [-0.4, -0.2) is 55.4 Å². The molecule has 0 aromatic heterocycles. The minimum absolute atomic E-state index is 0.360. The van der Waals surface area contributed by atoms with Gasteiger partial charge in [-0.1, -0.05) is 6.92 Å². The van der Waals surface area contributed by atoms with E-state index in [0.29, 0.717) is 19.6 Å². The number of aliphatic carboxylic acids is 1. The molecule has 0 aliphatic rings. The molecule has 1 atom stereocenters. The fourth-order valence-corrected chi connectivity index (χ4v) is 0.927. The van der Waals surface area contributed by atoms with Crippen LogP contribution in [-0.2, 0) is 9.53 Å². The number of hydrogen-bond donors (Lipinski definition) is 2. The third kappa shape index (κ3) is 5.21. The summed E-state index contributed by atoms with van der Waals surface area (Å²) in [4.78, 5) is 23.4. The van der Waals surface area contributed by atoms with Gasteiger partial charge in [-0.25, -0.2) is 9.59 Å². The van der Waals surface area contributed by atoms with Crippen LogP contribution in [0.4, 0.5) is 4.79 Å². The molecule has 0 spiro atoms. The third-order valence-corrected chi connectivity index (χ3v) is 1.98. The van der Waals surface area contributed by atoms with E-state index >= 15 is 0 Å². The van der Waals surface area contributed by atoms with Crippen molar-refractivity contribution in [3.05, 3.63) is 0 Å². The smallest absolute Gasteiger partial charge is 0.326 e. The largest absolute Gasteiger partial charge is 0.480 e. The van der Waals surface area contributed by atoms with Crippen molar-refractivity contribution in [1.29, 1.82) is 0 Å². The van der Waals surface area contributed by atoms with Crippen LogP contribution in [0.1, 0.15) is 13.3 Å². The van der Waals surface area contributed by atoms with E-state index in [4.69, 9.17) is 9.84 Å². The molecule has 0 radical (unpaired) electrons. The second-order valence-electron chi connectivity index (χ2n) is 3.16. The Labute approximate surface area is 89.2 Å². The first-order chi connectivity index (χ1) is 7.02. The van der Waals surface area contributed by atoms with E-state index in [0.717, 1.165) is 0 Å². The quantitative estimate of drug-likeness (QED) is 0.664. The highest BCUT2D eigenvalue weighted by Crippen LogP contribution is 1.93. The van der Waals surface area contributed by atoms with E-state index in [1.807, 2.05) is 0 Å². The standard InChI is InChI=1S/C9H18N2O4/c1-4-7(8(12)13)10-9(14)11(2)5-6-15-3/h7H,4-6H2,1-3H3,(H,10,14)(H,12,13)/t7-/m1/s1. The molecule has 0 aromatic rings. The van der Waals surface area contributed by atoms with Gasteiger partial charge in [0.05, 0.1) is 6.61 Å². The lowest BCUT2D eigenvalue weighted by Gasteiger charge is -2.20. The maximum absolute atomic E-state index is 11.4. The van der Waals surface area contributed by atoms with Gasteiger partial charge in [0.25, 0.3) is 0 Å². The number of urea groups is 1. The first-order valence-electron chi connectivity index (χ1n) is 4.76. The Kier molecular flexibility index (Phi) is 6.44. The second kappa shape index (κ2) is 7.05. The number of nitrogens with one attached hydrogen (secondary N) is 1. The zero-order valence-electron chi connectivity index (χ0n) is 9.32. The fraction of sp³-hybridized carbons (Fsp3) is 0.778. The highest BCUT2D eigenvalue weighted by atomic mass is 16.5. The number of carboxylic acid groups (broad SMARTS) is 1. The molecule has 0 aromatic carbocycles. The topological polar surface area (TPSA) is 78.9 Å². The Morgan fingerprint density at radius 3 is 2.53 bits per heavy atom. The summed E-state index contributed by atoms with van der Waals surface area (Å²) in [6.45, 7) is 2.56. The second-order valence-corrected chi connectivity index (χ2v) is 3.16. The molecule has 0 saturated carbocycles. The molecule has 15 heavy (non-hydrogen) atoms. The zero-order chi connectivity index (χ0) is 11.8. The van der Waals surface area contributed by atoms with Gasteiger partial charge in [-0.2, -0.15) is 0 Å². The van der Waals surface area contributed by atoms with Crippen molar-refractivity contribution < 1.29 is 19.4 Å². The number of amides is 2. The summed E-state index contributed by atoms with van der Waals surface area (Å²) in [6, 6.07) is -1.23. The SMILES string of the molecule is CC[C@@H](NC(=O)N(C)CCOC)C(=O)O. The van der Waals surface area contributed by atoms with Gasteiger partial charge in [0, 0.05) is 20.7 Å². The molecule has 0 unspecified atom stereocenters. The molecule has 88 valence electrons. The summed E-state index contributed by atoms with van der Waals surface area (Å²) < 4.78 is 4.80. The zero-order valence-corrected chi connectivity index (χ0v) is 9.32.